The number of rotatable bonds is 10. The van der Waals surface area contributed by atoms with Crippen LogP contribution in [0.25, 0.3) is 11.0 Å². The molecule has 1 N–H and O–H groups in total. The number of ether oxygens (including phenoxy) is 1. The zero-order chi connectivity index (χ0) is 20.1. The van der Waals surface area contributed by atoms with Gasteiger partial charge in [-0.25, -0.2) is 4.98 Å². The maximum absolute atomic E-state index is 11.8. The molecule has 3 aromatic rings. The highest BCUT2D eigenvalue weighted by molar-refractivity contribution is 6.32. The van der Waals surface area contributed by atoms with E-state index < -0.39 is 0 Å². The Labute approximate surface area is 176 Å². The Morgan fingerprint density at radius 2 is 1.93 bits per heavy atom. The first kappa shape index (κ1) is 19.8. The third-order valence-corrected chi connectivity index (χ3v) is 5.49. The van der Waals surface area contributed by atoms with E-state index in [4.69, 9.17) is 21.3 Å². The number of para-hydroxylation sites is 3. The Balaban J connectivity index is 1.34. The van der Waals surface area contributed by atoms with E-state index in [1.807, 2.05) is 42.5 Å². The van der Waals surface area contributed by atoms with Gasteiger partial charge in [-0.3, -0.25) is 4.79 Å². The van der Waals surface area contributed by atoms with Crippen molar-refractivity contribution in [1.29, 1.82) is 0 Å². The molecule has 0 aliphatic heterocycles. The molecule has 4 rings (SSSR count). The predicted molar refractivity (Wildman–Crippen MR) is 115 cm³/mol. The van der Waals surface area contributed by atoms with Gasteiger partial charge in [0.2, 0.25) is 5.91 Å². The maximum atomic E-state index is 11.8. The van der Waals surface area contributed by atoms with Crippen LogP contribution in [0, 0.1) is 5.92 Å². The lowest BCUT2D eigenvalue weighted by atomic mass is 10.2. The van der Waals surface area contributed by atoms with E-state index in [1.54, 1.807) is 0 Å². The number of carbonyl (C=O) groups is 1. The molecule has 1 saturated carbocycles. The molecule has 0 atom stereocenters. The summed E-state index contributed by atoms with van der Waals surface area (Å²) >= 11 is 6.15. The second-order valence-corrected chi connectivity index (χ2v) is 7.88. The summed E-state index contributed by atoms with van der Waals surface area (Å²) < 4.78 is 8.10. The topological polar surface area (TPSA) is 56.2 Å². The van der Waals surface area contributed by atoms with Crippen molar-refractivity contribution in [1.82, 2.24) is 14.9 Å². The van der Waals surface area contributed by atoms with E-state index in [1.165, 1.54) is 0 Å². The van der Waals surface area contributed by atoms with Gasteiger partial charge >= 0.3 is 0 Å². The van der Waals surface area contributed by atoms with Crippen molar-refractivity contribution < 1.29 is 9.53 Å². The molecule has 1 aliphatic rings. The van der Waals surface area contributed by atoms with Crippen molar-refractivity contribution in [3.8, 4) is 5.75 Å². The van der Waals surface area contributed by atoms with Crippen molar-refractivity contribution in [2.75, 3.05) is 13.2 Å². The molecule has 1 amide bonds. The van der Waals surface area contributed by atoms with E-state index in [2.05, 4.69) is 16.0 Å². The van der Waals surface area contributed by atoms with Crippen molar-refractivity contribution >= 4 is 28.5 Å². The molecule has 29 heavy (non-hydrogen) atoms. The van der Waals surface area contributed by atoms with E-state index in [0.29, 0.717) is 18.2 Å². The number of imidazole rings is 1. The van der Waals surface area contributed by atoms with E-state index in [-0.39, 0.29) is 11.8 Å². The Hall–Kier alpha value is -2.53. The average molecular weight is 412 g/mol. The minimum atomic E-state index is 0.204. The first-order valence-electron chi connectivity index (χ1n) is 10.3. The number of fused-ring (bicyclic) bond motifs is 1. The Morgan fingerprint density at radius 1 is 1.14 bits per heavy atom. The molecule has 1 fully saturated rings. The van der Waals surface area contributed by atoms with E-state index in [9.17, 15) is 4.79 Å². The van der Waals surface area contributed by atoms with Crippen LogP contribution in [0.2, 0.25) is 5.02 Å². The summed E-state index contributed by atoms with van der Waals surface area (Å²) in [6, 6.07) is 15.7. The minimum absolute atomic E-state index is 0.204. The third kappa shape index (κ3) is 5.10. The number of hydrogen-bond donors (Lipinski definition) is 1. The highest BCUT2D eigenvalue weighted by Crippen LogP contribution is 2.28. The monoisotopic (exact) mass is 411 g/mol. The molecule has 1 heterocycles. The third-order valence-electron chi connectivity index (χ3n) is 5.18. The van der Waals surface area contributed by atoms with Crippen LogP contribution in [0.15, 0.2) is 48.5 Å². The Kier molecular flexibility index (Phi) is 6.35. The Bertz CT molecular complexity index is 981. The molecule has 0 spiro atoms. The van der Waals surface area contributed by atoms with Crippen LogP contribution in [-0.4, -0.2) is 28.6 Å². The second-order valence-electron chi connectivity index (χ2n) is 7.47. The fourth-order valence-corrected chi connectivity index (χ4v) is 3.67. The zero-order valence-corrected chi connectivity index (χ0v) is 17.2. The first-order valence-corrected chi connectivity index (χ1v) is 10.7. The summed E-state index contributed by atoms with van der Waals surface area (Å²) in [5.41, 5.74) is 2.15. The largest absolute Gasteiger partial charge is 0.492 e. The van der Waals surface area contributed by atoms with Crippen LogP contribution in [-0.2, 0) is 17.8 Å². The van der Waals surface area contributed by atoms with Crippen LogP contribution >= 0.6 is 11.6 Å². The van der Waals surface area contributed by atoms with Gasteiger partial charge in [-0.05, 0) is 49.9 Å². The molecule has 0 saturated heterocycles. The normalized spacial score (nSPS) is 13.6. The number of aromatic nitrogens is 2. The molecule has 1 aromatic heterocycles. The molecule has 152 valence electrons. The summed E-state index contributed by atoms with van der Waals surface area (Å²) in [6.45, 7) is 2.12. The molecule has 2 aromatic carbocycles. The highest BCUT2D eigenvalue weighted by Gasteiger charge is 2.29. The number of amides is 1. The van der Waals surface area contributed by atoms with Crippen molar-refractivity contribution in [3.05, 3.63) is 59.4 Å². The van der Waals surface area contributed by atoms with E-state index >= 15 is 0 Å². The van der Waals surface area contributed by atoms with Gasteiger partial charge in [0.05, 0.1) is 22.7 Å². The average Bonchev–Trinajstić information content (AvgIpc) is 3.52. The number of hydrogen-bond acceptors (Lipinski definition) is 3. The van der Waals surface area contributed by atoms with Gasteiger partial charge in [-0.15, -0.1) is 0 Å². The van der Waals surface area contributed by atoms with Gasteiger partial charge in [-0.1, -0.05) is 35.9 Å². The van der Waals surface area contributed by atoms with Crippen molar-refractivity contribution in [3.63, 3.8) is 0 Å². The van der Waals surface area contributed by atoms with Gasteiger partial charge < -0.3 is 14.6 Å². The van der Waals surface area contributed by atoms with Crippen molar-refractivity contribution in [2.45, 2.75) is 38.6 Å². The zero-order valence-electron chi connectivity index (χ0n) is 16.4. The van der Waals surface area contributed by atoms with Crippen LogP contribution in [0.1, 0.15) is 31.5 Å². The molecular weight excluding hydrogens is 386 g/mol. The SMILES string of the molecule is O=C(NCCCc1nc2ccccc2n1CCCOc1ccccc1Cl)C1CC1. The fourth-order valence-electron chi connectivity index (χ4n) is 3.48. The fraction of sp³-hybridized carbons (Fsp3) is 0.391. The highest BCUT2D eigenvalue weighted by atomic mass is 35.5. The van der Waals surface area contributed by atoms with E-state index in [0.717, 1.165) is 61.3 Å². The van der Waals surface area contributed by atoms with Gasteiger partial charge in [-0.2, -0.15) is 0 Å². The van der Waals surface area contributed by atoms with Gasteiger partial charge in [0.15, 0.2) is 0 Å². The summed E-state index contributed by atoms with van der Waals surface area (Å²) in [5, 5.41) is 3.67. The van der Waals surface area contributed by atoms with Gasteiger partial charge in [0.25, 0.3) is 0 Å². The smallest absolute Gasteiger partial charge is 0.223 e. The number of nitrogens with zero attached hydrogens (tertiary/aromatic N) is 2. The summed E-state index contributed by atoms with van der Waals surface area (Å²) in [6.07, 6.45) is 4.66. The van der Waals surface area contributed by atoms with Gasteiger partial charge in [0, 0.05) is 25.4 Å². The number of halogens is 1. The van der Waals surface area contributed by atoms with Crippen LogP contribution in [0.5, 0.6) is 5.75 Å². The molecule has 1 aliphatic carbocycles. The lowest BCUT2D eigenvalue weighted by molar-refractivity contribution is -0.122. The first-order chi connectivity index (χ1) is 14.2. The minimum Gasteiger partial charge on any atom is -0.492 e. The molecular formula is C23H26ClN3O2. The van der Waals surface area contributed by atoms with Crippen LogP contribution < -0.4 is 10.1 Å². The quantitative estimate of drug-likeness (QED) is 0.495. The summed E-state index contributed by atoms with van der Waals surface area (Å²) in [7, 11) is 0. The number of aryl methyl sites for hydroxylation is 2. The number of benzene rings is 2. The summed E-state index contributed by atoms with van der Waals surface area (Å²) in [5.74, 6) is 2.24. The standard InChI is InChI=1S/C23H26ClN3O2/c24-18-7-1-4-10-21(18)29-16-6-15-27-20-9-3-2-8-19(20)26-22(27)11-5-14-25-23(28)17-12-13-17/h1-4,7-10,17H,5-6,11-16H2,(H,25,28). The predicted octanol–water partition coefficient (Wildman–Crippen LogP) is 4.62. The number of nitrogens with one attached hydrogen (secondary N) is 1. The van der Waals surface area contributed by atoms with Gasteiger partial charge in [0.1, 0.15) is 11.6 Å². The van der Waals surface area contributed by atoms with Crippen LogP contribution in [0.4, 0.5) is 0 Å². The van der Waals surface area contributed by atoms with Crippen molar-refractivity contribution in [2.24, 2.45) is 5.92 Å². The molecule has 0 bridgehead atoms. The number of carbonyl (C=O) groups excluding carboxylic acids is 1. The lowest BCUT2D eigenvalue weighted by Gasteiger charge is -2.11. The van der Waals surface area contributed by atoms with Crippen LogP contribution in [0.3, 0.4) is 0 Å². The molecule has 5 nitrogen and oxygen atoms in total. The molecule has 6 heteroatoms. The summed E-state index contributed by atoms with van der Waals surface area (Å²) in [4.78, 5) is 16.6. The second kappa shape index (κ2) is 9.31. The lowest BCUT2D eigenvalue weighted by Crippen LogP contribution is -2.26. The molecule has 0 unspecified atom stereocenters. The molecule has 0 radical (unpaired) electrons. The Morgan fingerprint density at radius 3 is 2.76 bits per heavy atom. The maximum Gasteiger partial charge on any atom is 0.223 e.